The lowest BCUT2D eigenvalue weighted by molar-refractivity contribution is -0.384. The van der Waals surface area contributed by atoms with Crippen molar-refractivity contribution >= 4 is 24.0 Å². The number of fused-ring (bicyclic) bond motifs is 1. The molecule has 1 aromatic carbocycles. The molecule has 0 saturated carbocycles. The predicted molar refractivity (Wildman–Crippen MR) is 105 cm³/mol. The molecule has 10 heteroatoms. The summed E-state index contributed by atoms with van der Waals surface area (Å²) in [6, 6.07) is 4.45. The van der Waals surface area contributed by atoms with Gasteiger partial charge < -0.3 is 14.8 Å². The van der Waals surface area contributed by atoms with Gasteiger partial charge in [-0.2, -0.15) is 0 Å². The molecule has 1 amide bonds. The molecular formula is C18H23ClN6O3. The molecule has 0 spiro atoms. The number of hydrogen-bond donors (Lipinski definition) is 1. The molecule has 2 aromatic rings. The van der Waals surface area contributed by atoms with Crippen molar-refractivity contribution in [1.82, 2.24) is 25.0 Å². The van der Waals surface area contributed by atoms with Crippen LogP contribution < -0.4 is 5.32 Å². The SMILES string of the molecule is Cc1ccc([N+](=O)[O-])cc1C(=O)N1CCC(c2nnc3n2CCNC3)CC1.Cl. The first-order chi connectivity index (χ1) is 13.0. The number of aryl methyl sites for hydroxylation is 1. The number of amides is 1. The lowest BCUT2D eigenvalue weighted by Crippen LogP contribution is -2.39. The Kier molecular flexibility index (Phi) is 5.95. The number of carbonyl (C=O) groups is 1. The van der Waals surface area contributed by atoms with E-state index in [1.54, 1.807) is 17.9 Å². The molecule has 1 saturated heterocycles. The number of nitro benzene ring substituents is 1. The molecule has 0 bridgehead atoms. The van der Waals surface area contributed by atoms with Crippen LogP contribution in [0.15, 0.2) is 18.2 Å². The molecule has 28 heavy (non-hydrogen) atoms. The van der Waals surface area contributed by atoms with Crippen LogP contribution in [-0.2, 0) is 13.1 Å². The largest absolute Gasteiger partial charge is 0.339 e. The Balaban J connectivity index is 0.00000225. The Labute approximate surface area is 168 Å². The van der Waals surface area contributed by atoms with Crippen LogP contribution >= 0.6 is 12.4 Å². The van der Waals surface area contributed by atoms with Crippen LogP contribution in [-0.4, -0.2) is 50.1 Å². The maximum Gasteiger partial charge on any atom is 0.270 e. The van der Waals surface area contributed by atoms with Crippen LogP contribution in [0.5, 0.6) is 0 Å². The van der Waals surface area contributed by atoms with Crippen molar-refractivity contribution in [2.24, 2.45) is 0 Å². The van der Waals surface area contributed by atoms with Gasteiger partial charge in [-0.15, -0.1) is 22.6 Å². The zero-order valence-corrected chi connectivity index (χ0v) is 16.4. The van der Waals surface area contributed by atoms with Crippen LogP contribution in [0, 0.1) is 17.0 Å². The topological polar surface area (TPSA) is 106 Å². The monoisotopic (exact) mass is 406 g/mol. The summed E-state index contributed by atoms with van der Waals surface area (Å²) in [6.07, 6.45) is 1.65. The van der Waals surface area contributed by atoms with Crippen molar-refractivity contribution in [3.8, 4) is 0 Å². The normalized spacial score (nSPS) is 17.0. The van der Waals surface area contributed by atoms with E-state index in [4.69, 9.17) is 0 Å². The highest BCUT2D eigenvalue weighted by atomic mass is 35.5. The fourth-order valence-corrected chi connectivity index (χ4v) is 3.88. The number of rotatable bonds is 3. The van der Waals surface area contributed by atoms with E-state index >= 15 is 0 Å². The first kappa shape index (κ1) is 20.2. The number of halogens is 1. The van der Waals surface area contributed by atoms with E-state index in [9.17, 15) is 14.9 Å². The molecule has 4 rings (SSSR count). The number of nitrogens with one attached hydrogen (secondary N) is 1. The Hall–Kier alpha value is -2.52. The van der Waals surface area contributed by atoms with Gasteiger partial charge in [0.1, 0.15) is 11.6 Å². The summed E-state index contributed by atoms with van der Waals surface area (Å²) >= 11 is 0. The smallest absolute Gasteiger partial charge is 0.270 e. The second-order valence-corrected chi connectivity index (χ2v) is 7.13. The maximum atomic E-state index is 12.9. The summed E-state index contributed by atoms with van der Waals surface area (Å²) in [6.45, 7) is 5.58. The van der Waals surface area contributed by atoms with Gasteiger partial charge in [0.15, 0.2) is 0 Å². The van der Waals surface area contributed by atoms with Gasteiger partial charge >= 0.3 is 0 Å². The standard InChI is InChI=1S/C18H22N6O3.ClH/c1-12-2-3-14(24(26)27)10-15(12)18(25)22-7-4-13(5-8-22)17-21-20-16-11-19-6-9-23(16)17;/h2-3,10,13,19H,4-9,11H2,1H3;1H. The van der Waals surface area contributed by atoms with Crippen LogP contribution in [0.1, 0.15) is 46.3 Å². The zero-order chi connectivity index (χ0) is 19.0. The third kappa shape index (κ3) is 3.72. The predicted octanol–water partition coefficient (Wildman–Crippen LogP) is 2.04. The van der Waals surface area contributed by atoms with Gasteiger partial charge in [0.2, 0.25) is 0 Å². The molecule has 0 aliphatic carbocycles. The van der Waals surface area contributed by atoms with E-state index < -0.39 is 4.92 Å². The number of hydrogen-bond acceptors (Lipinski definition) is 6. The first-order valence-corrected chi connectivity index (χ1v) is 9.21. The minimum Gasteiger partial charge on any atom is -0.339 e. The van der Waals surface area contributed by atoms with E-state index in [2.05, 4.69) is 20.1 Å². The van der Waals surface area contributed by atoms with Gasteiger partial charge in [0.05, 0.1) is 11.5 Å². The molecule has 0 atom stereocenters. The number of carbonyl (C=O) groups excluding carboxylic acids is 1. The minimum absolute atomic E-state index is 0. The third-order valence-electron chi connectivity index (χ3n) is 5.46. The average Bonchev–Trinajstić information content (AvgIpc) is 3.12. The van der Waals surface area contributed by atoms with E-state index in [-0.39, 0.29) is 24.0 Å². The minimum atomic E-state index is -0.467. The van der Waals surface area contributed by atoms with Gasteiger partial charge in [-0.1, -0.05) is 6.07 Å². The summed E-state index contributed by atoms with van der Waals surface area (Å²) in [7, 11) is 0. The quantitative estimate of drug-likeness (QED) is 0.617. The number of aromatic nitrogens is 3. The van der Waals surface area contributed by atoms with Gasteiger partial charge in [-0.3, -0.25) is 14.9 Å². The third-order valence-corrected chi connectivity index (χ3v) is 5.46. The summed E-state index contributed by atoms with van der Waals surface area (Å²) in [5.41, 5.74) is 1.11. The number of non-ortho nitro benzene ring substituents is 1. The van der Waals surface area contributed by atoms with Crippen LogP contribution in [0.2, 0.25) is 0 Å². The lowest BCUT2D eigenvalue weighted by atomic mass is 9.94. The molecule has 150 valence electrons. The van der Waals surface area contributed by atoms with Crippen molar-refractivity contribution in [3.05, 3.63) is 51.1 Å². The molecule has 0 unspecified atom stereocenters. The van der Waals surface area contributed by atoms with Crippen molar-refractivity contribution in [2.75, 3.05) is 19.6 Å². The molecule has 1 fully saturated rings. The van der Waals surface area contributed by atoms with Gasteiger partial charge in [0, 0.05) is 49.8 Å². The van der Waals surface area contributed by atoms with Crippen LogP contribution in [0.3, 0.4) is 0 Å². The van der Waals surface area contributed by atoms with Crippen molar-refractivity contribution in [2.45, 2.75) is 38.8 Å². The van der Waals surface area contributed by atoms with Gasteiger partial charge in [0.25, 0.3) is 11.6 Å². The molecule has 0 radical (unpaired) electrons. The highest BCUT2D eigenvalue weighted by molar-refractivity contribution is 5.96. The fourth-order valence-electron chi connectivity index (χ4n) is 3.88. The molecule has 1 N–H and O–H groups in total. The summed E-state index contributed by atoms with van der Waals surface area (Å²) in [4.78, 5) is 25.2. The average molecular weight is 407 g/mol. The molecule has 9 nitrogen and oxygen atoms in total. The van der Waals surface area contributed by atoms with Crippen molar-refractivity contribution in [3.63, 3.8) is 0 Å². The second kappa shape index (κ2) is 8.24. The Bertz CT molecular complexity index is 891. The van der Waals surface area contributed by atoms with E-state index in [0.29, 0.717) is 24.6 Å². The molecule has 2 aliphatic heterocycles. The number of likely N-dealkylation sites (tertiary alicyclic amines) is 1. The Morgan fingerprint density at radius 2 is 2.00 bits per heavy atom. The maximum absolute atomic E-state index is 12.9. The van der Waals surface area contributed by atoms with Crippen molar-refractivity contribution in [1.29, 1.82) is 0 Å². The van der Waals surface area contributed by atoms with E-state index in [0.717, 1.165) is 49.7 Å². The fraction of sp³-hybridized carbons (Fsp3) is 0.500. The van der Waals surface area contributed by atoms with Crippen LogP contribution in [0.4, 0.5) is 5.69 Å². The molecule has 3 heterocycles. The molecule has 1 aromatic heterocycles. The highest BCUT2D eigenvalue weighted by Gasteiger charge is 2.30. The van der Waals surface area contributed by atoms with Gasteiger partial charge in [-0.05, 0) is 25.3 Å². The Morgan fingerprint density at radius 3 is 2.71 bits per heavy atom. The number of nitrogens with zero attached hydrogens (tertiary/aromatic N) is 5. The number of piperidine rings is 1. The summed E-state index contributed by atoms with van der Waals surface area (Å²) in [5, 5.41) is 23.0. The lowest BCUT2D eigenvalue weighted by Gasteiger charge is -2.32. The summed E-state index contributed by atoms with van der Waals surface area (Å²) < 4.78 is 2.20. The zero-order valence-electron chi connectivity index (χ0n) is 15.6. The highest BCUT2D eigenvalue weighted by Crippen LogP contribution is 2.29. The second-order valence-electron chi connectivity index (χ2n) is 7.13. The van der Waals surface area contributed by atoms with Crippen molar-refractivity contribution < 1.29 is 9.72 Å². The van der Waals surface area contributed by atoms with E-state index in [1.807, 2.05) is 0 Å². The van der Waals surface area contributed by atoms with E-state index in [1.165, 1.54) is 12.1 Å². The first-order valence-electron chi connectivity index (χ1n) is 9.21. The molecular weight excluding hydrogens is 384 g/mol. The number of benzene rings is 1. The Morgan fingerprint density at radius 1 is 1.25 bits per heavy atom. The van der Waals surface area contributed by atoms with Crippen LogP contribution in [0.25, 0.3) is 0 Å². The number of nitro groups is 1. The molecule has 2 aliphatic rings. The summed E-state index contributed by atoms with van der Waals surface area (Å²) in [5.74, 6) is 2.15. The van der Waals surface area contributed by atoms with Gasteiger partial charge in [-0.25, -0.2) is 0 Å².